The van der Waals surface area contributed by atoms with Crippen molar-refractivity contribution in [2.75, 3.05) is 6.61 Å². The first kappa shape index (κ1) is 29.7. The molecular formula is C9H13IN2NaO15P3. The molecule has 172 valence electrons. The van der Waals surface area contributed by atoms with Gasteiger partial charge >= 0.3 is 50.9 Å². The molecule has 1 aromatic heterocycles. The zero-order valence-electron chi connectivity index (χ0n) is 15.1. The molecule has 7 unspecified atom stereocenters. The van der Waals surface area contributed by atoms with Gasteiger partial charge in [-0.15, -0.1) is 0 Å². The van der Waals surface area contributed by atoms with Crippen molar-refractivity contribution in [3.8, 4) is 0 Å². The summed E-state index contributed by atoms with van der Waals surface area (Å²) in [5, 5.41) is 20.1. The van der Waals surface area contributed by atoms with Crippen molar-refractivity contribution in [2.45, 2.75) is 24.5 Å². The molecule has 0 bridgehead atoms. The zero-order valence-corrected chi connectivity index (χ0v) is 21.9. The predicted molar refractivity (Wildman–Crippen MR) is 97.6 cm³/mol. The van der Waals surface area contributed by atoms with E-state index in [9.17, 15) is 43.3 Å². The number of hydrogen-bond donors (Lipinski definition) is 6. The van der Waals surface area contributed by atoms with E-state index in [2.05, 4.69) is 13.1 Å². The van der Waals surface area contributed by atoms with Gasteiger partial charge in [-0.25, -0.2) is 18.2 Å². The van der Waals surface area contributed by atoms with Gasteiger partial charge in [0.25, 0.3) is 13.4 Å². The van der Waals surface area contributed by atoms with Crippen LogP contribution in [0.1, 0.15) is 6.23 Å². The summed E-state index contributed by atoms with van der Waals surface area (Å²) in [6.45, 7) is -1.06. The number of nitrogens with one attached hydrogen (secondary N) is 1. The maximum absolute atomic E-state index is 11.9. The summed E-state index contributed by atoms with van der Waals surface area (Å²) in [6.07, 6.45) is -5.71. The molecule has 0 spiro atoms. The van der Waals surface area contributed by atoms with Crippen LogP contribution in [0, 0.1) is 3.57 Å². The number of hydrogen-bond acceptors (Lipinski definition) is 12. The van der Waals surface area contributed by atoms with Crippen LogP contribution in [0.2, 0.25) is 0 Å². The van der Waals surface area contributed by atoms with E-state index in [0.717, 1.165) is 10.8 Å². The van der Waals surface area contributed by atoms with Crippen LogP contribution in [-0.2, 0) is 31.6 Å². The largest absolute Gasteiger partial charge is 1.00 e. The van der Waals surface area contributed by atoms with Gasteiger partial charge in [0.1, 0.15) is 18.3 Å². The van der Waals surface area contributed by atoms with Crippen molar-refractivity contribution in [3.05, 3.63) is 30.6 Å². The predicted octanol–water partition coefficient (Wildman–Crippen LogP) is -5.52. The number of ether oxygens (including phenoxy) is 1. The van der Waals surface area contributed by atoms with E-state index in [4.69, 9.17) is 14.5 Å². The Hall–Kier alpha value is 0.700. The van der Waals surface area contributed by atoms with Gasteiger partial charge in [0.2, 0.25) is 0 Å². The van der Waals surface area contributed by atoms with Crippen LogP contribution in [0.15, 0.2) is 15.8 Å². The molecule has 2 heterocycles. The van der Waals surface area contributed by atoms with Gasteiger partial charge < -0.3 is 34.5 Å². The van der Waals surface area contributed by atoms with Gasteiger partial charge in [0, 0.05) is 6.20 Å². The topological polar surface area (TPSA) is 267 Å². The van der Waals surface area contributed by atoms with Gasteiger partial charge in [-0.3, -0.25) is 23.4 Å². The minimum absolute atomic E-state index is 0. The fraction of sp³-hybridized carbons (Fsp3) is 0.556. The summed E-state index contributed by atoms with van der Waals surface area (Å²) in [7, 11) is -17.1. The van der Waals surface area contributed by atoms with Crippen LogP contribution in [0.4, 0.5) is 0 Å². The molecule has 1 aliphatic rings. The van der Waals surface area contributed by atoms with E-state index >= 15 is 0 Å². The molecule has 0 amide bonds. The number of nitrogens with zero attached hydrogens (tertiary/aromatic N) is 1. The first-order valence-electron chi connectivity index (χ1n) is 7.30. The third-order valence-corrected chi connectivity index (χ3v) is 7.90. The average molecular weight is 632 g/mol. The number of rotatable bonds is 8. The third kappa shape index (κ3) is 8.45. The molecule has 17 nitrogen and oxygen atoms in total. The van der Waals surface area contributed by atoms with Gasteiger partial charge in [0.05, 0.1) is 10.2 Å². The molecule has 2 rings (SSSR count). The normalized spacial score (nSPS) is 29.4. The van der Waals surface area contributed by atoms with Crippen molar-refractivity contribution in [1.82, 2.24) is 9.55 Å². The molecule has 0 aliphatic carbocycles. The van der Waals surface area contributed by atoms with Crippen LogP contribution in [0.25, 0.3) is 0 Å². The molecule has 7 atom stereocenters. The van der Waals surface area contributed by atoms with Crippen LogP contribution in [0.5, 0.6) is 0 Å². The van der Waals surface area contributed by atoms with Crippen LogP contribution < -0.4 is 45.7 Å². The van der Waals surface area contributed by atoms with Crippen molar-refractivity contribution >= 4 is 46.1 Å². The molecule has 31 heavy (non-hydrogen) atoms. The number of aliphatic hydroxyl groups excluding tert-OH is 2. The van der Waals surface area contributed by atoms with E-state index in [0.29, 0.717) is 0 Å². The first-order chi connectivity index (χ1) is 13.5. The molecule has 0 aromatic carbocycles. The van der Waals surface area contributed by atoms with Crippen LogP contribution >= 0.6 is 46.1 Å². The Kier molecular flexibility index (Phi) is 10.5. The summed E-state index contributed by atoms with van der Waals surface area (Å²) in [4.78, 5) is 62.4. The standard InChI is InChI=1S/C9H14IN2O15P3.Na/c10-3-1-12(9(16)11-7(3)15)8-6(14)5(13)4(25-8)2-24-29(20,21)27-30(22,23)26-28(17,18)19;/h1,4-6,8,13-14H,2H2,(H,20,21)(H,22,23)(H,11,15,16)(H2,17,18,19);/q;+1/p-1. The Balaban J connectivity index is 0.00000480. The summed E-state index contributed by atoms with van der Waals surface area (Å²) in [5.41, 5.74) is -1.72. The number of aromatic nitrogens is 2. The second-order valence-corrected chi connectivity index (χ2v) is 11.1. The molecule has 1 aliphatic heterocycles. The molecule has 1 saturated heterocycles. The second-order valence-electron chi connectivity index (χ2n) is 5.55. The summed E-state index contributed by atoms with van der Waals surface area (Å²) in [6, 6.07) is 0. The van der Waals surface area contributed by atoms with Crippen molar-refractivity contribution in [3.63, 3.8) is 0 Å². The van der Waals surface area contributed by atoms with Gasteiger partial charge in [-0.1, -0.05) is 0 Å². The van der Waals surface area contributed by atoms with Crippen molar-refractivity contribution in [2.24, 2.45) is 0 Å². The van der Waals surface area contributed by atoms with Crippen molar-refractivity contribution in [1.29, 1.82) is 0 Å². The average Bonchev–Trinajstić information content (AvgIpc) is 2.81. The van der Waals surface area contributed by atoms with E-state index in [1.807, 2.05) is 4.98 Å². The van der Waals surface area contributed by atoms with Crippen molar-refractivity contribution < 1.29 is 90.9 Å². The van der Waals surface area contributed by atoms with Gasteiger partial charge in [0.15, 0.2) is 6.23 Å². The number of H-pyrrole nitrogens is 1. The Labute approximate surface area is 207 Å². The number of aromatic amines is 1. The molecule has 1 fully saturated rings. The molecular weight excluding hydrogens is 619 g/mol. The molecule has 1 aromatic rings. The first-order valence-corrected chi connectivity index (χ1v) is 12.9. The Morgan fingerprint density at radius 2 is 1.71 bits per heavy atom. The fourth-order valence-electron chi connectivity index (χ4n) is 2.21. The third-order valence-electron chi connectivity index (χ3n) is 3.35. The molecule has 22 heteroatoms. The zero-order chi connectivity index (χ0) is 23.1. The molecule has 6 N–H and O–H groups in total. The molecule has 0 radical (unpaired) electrons. The van der Waals surface area contributed by atoms with E-state index < -0.39 is 65.9 Å². The fourth-order valence-corrected chi connectivity index (χ4v) is 5.65. The number of aliphatic hydroxyl groups is 2. The summed E-state index contributed by atoms with van der Waals surface area (Å²) < 4.78 is 50.5. The number of phosphoric ester groups is 1. The Morgan fingerprint density at radius 1 is 1.13 bits per heavy atom. The maximum Gasteiger partial charge on any atom is 1.00 e. The molecule has 0 saturated carbocycles. The minimum atomic E-state index is -5.82. The van der Waals surface area contributed by atoms with Gasteiger partial charge in [-0.2, -0.15) is 4.31 Å². The monoisotopic (exact) mass is 632 g/mol. The second kappa shape index (κ2) is 11.0. The number of phosphoric acid groups is 3. The Morgan fingerprint density at radius 3 is 2.26 bits per heavy atom. The minimum Gasteiger partial charge on any atom is -0.756 e. The maximum atomic E-state index is 11.9. The van der Waals surface area contributed by atoms with Crippen LogP contribution in [0.3, 0.4) is 0 Å². The van der Waals surface area contributed by atoms with E-state index in [-0.39, 0.29) is 33.1 Å². The SMILES string of the molecule is O=c1[nH]c(=O)n(C2OC(COP(=O)(O)OP(=O)(O)OP(=O)([O-])O)C(O)C2O)cc1I.[Na+]. The van der Waals surface area contributed by atoms with E-state index in [1.165, 1.54) is 0 Å². The number of halogens is 1. The smallest absolute Gasteiger partial charge is 0.756 e. The van der Waals surface area contributed by atoms with Crippen LogP contribution in [-0.4, -0.2) is 59.4 Å². The quantitative estimate of drug-likeness (QED) is 0.0887. The Bertz CT molecular complexity index is 1050. The van der Waals surface area contributed by atoms with E-state index in [1.54, 1.807) is 22.6 Å². The van der Waals surface area contributed by atoms with Gasteiger partial charge in [-0.05, 0) is 22.6 Å². The summed E-state index contributed by atoms with van der Waals surface area (Å²) >= 11 is 1.58. The summed E-state index contributed by atoms with van der Waals surface area (Å²) in [5.74, 6) is 0.